The summed E-state index contributed by atoms with van der Waals surface area (Å²) in [6, 6.07) is 0. The van der Waals surface area contributed by atoms with Gasteiger partial charge in [0.25, 0.3) is 48.2 Å². The van der Waals surface area contributed by atoms with Crippen molar-refractivity contribution >= 4 is 108 Å². The van der Waals surface area contributed by atoms with Crippen LogP contribution in [-0.2, 0) is 96.8 Å². The van der Waals surface area contributed by atoms with E-state index in [9.17, 15) is 72.2 Å². The van der Waals surface area contributed by atoms with Gasteiger partial charge in [-0.3, -0.25) is 56.1 Å². The van der Waals surface area contributed by atoms with Crippen LogP contribution in [0.25, 0.3) is 33.5 Å². The van der Waals surface area contributed by atoms with Crippen LogP contribution in [-0.4, -0.2) is 224 Å². The van der Waals surface area contributed by atoms with Crippen molar-refractivity contribution in [1.82, 2.24) is 68.5 Å². The van der Waals surface area contributed by atoms with Gasteiger partial charge in [-0.2, -0.15) is 14.6 Å². The van der Waals surface area contributed by atoms with Gasteiger partial charge < -0.3 is 123 Å². The highest BCUT2D eigenvalue weighted by molar-refractivity contribution is 7.65. The number of aliphatic hydroxyl groups excluding tert-OH is 3. The Balaban J connectivity index is 0.736. The first-order valence-electron chi connectivity index (χ1n) is 29.6. The van der Waals surface area contributed by atoms with Crippen molar-refractivity contribution in [2.24, 2.45) is 0 Å². The summed E-state index contributed by atoms with van der Waals surface area (Å²) >= 11 is 0. The molecule has 10 unspecified atom stereocenters. The van der Waals surface area contributed by atoms with Crippen LogP contribution in [0.1, 0.15) is 32.5 Å². The maximum Gasteiger partial charge on any atom is 0.304 e. The molecule has 0 aromatic carbocycles. The average molecular weight is 1540 g/mol. The lowest BCUT2D eigenvalue weighted by Crippen LogP contribution is -3.12. The van der Waals surface area contributed by atoms with Crippen molar-refractivity contribution < 1.29 is 141 Å². The number of ether oxygens (including phenoxy) is 7. The van der Waals surface area contributed by atoms with Crippen LogP contribution in [0.2, 0.25) is 0 Å². The number of aromatic amines is 2. The molecule has 22 atom stereocenters. The molecular weight excluding hydrogens is 1480 g/mol. The Morgan fingerprint density at radius 2 is 1.05 bits per heavy atom. The third-order valence-corrected chi connectivity index (χ3v) is 22.0. The Kier molecular flexibility index (Phi) is 21.4. The number of nitrogen functional groups attached to an aromatic ring is 4. The zero-order chi connectivity index (χ0) is 73.4. The van der Waals surface area contributed by atoms with Crippen LogP contribution in [0.5, 0.6) is 0 Å². The maximum atomic E-state index is 14.3. The van der Waals surface area contributed by atoms with E-state index in [0.29, 0.717) is 0 Å². The number of H-pyrrole nitrogens is 2. The van der Waals surface area contributed by atoms with Crippen molar-refractivity contribution in [1.29, 1.82) is 0 Å². The van der Waals surface area contributed by atoms with Gasteiger partial charge in [-0.05, 0) is 13.8 Å². The fraction of sp³-hybridized carbons (Fsp3) is 0.587. The Morgan fingerprint density at radius 1 is 0.569 bits per heavy atom. The predicted octanol–water partition coefficient (Wildman–Crippen LogP) is -7.70. The van der Waals surface area contributed by atoms with Crippen LogP contribution in [0.4, 0.5) is 35.0 Å². The number of phosphoric ester groups is 3. The number of rotatable bonds is 29. The highest BCUT2D eigenvalue weighted by Crippen LogP contribution is 2.63. The molecule has 0 saturated carbocycles. The third kappa shape index (κ3) is 15.4. The third-order valence-electron chi connectivity index (χ3n) is 16.1. The molecular formula is C46H61N20O31P5-4. The topological polar surface area (TPSA) is 717 Å². The molecule has 0 bridgehead atoms. The quantitative estimate of drug-likeness (QED) is 0.0118. The van der Waals surface area contributed by atoms with Crippen LogP contribution in [0.3, 0.4) is 0 Å². The molecule has 0 spiro atoms. The summed E-state index contributed by atoms with van der Waals surface area (Å²) < 4.78 is 150. The molecule has 12 rings (SSSR count). The molecule has 0 radical (unpaired) electrons. The number of quaternary nitrogens is 1. The lowest BCUT2D eigenvalue weighted by Gasteiger charge is -2.34. The minimum atomic E-state index is -6.67. The molecule has 14 N–H and O–H groups in total. The molecule has 56 heteroatoms. The van der Waals surface area contributed by atoms with Gasteiger partial charge in [0.2, 0.25) is 18.1 Å². The van der Waals surface area contributed by atoms with E-state index >= 15 is 0 Å². The van der Waals surface area contributed by atoms with Gasteiger partial charge >= 0.3 is 7.82 Å². The van der Waals surface area contributed by atoms with Crippen LogP contribution >= 0.6 is 39.1 Å². The highest BCUT2D eigenvalue weighted by atomic mass is 31.3. The number of aromatic nitrogens is 14. The Morgan fingerprint density at radius 3 is 1.62 bits per heavy atom. The number of hydrogen-bond acceptors (Lipinski definition) is 45. The van der Waals surface area contributed by atoms with Crippen molar-refractivity contribution in [2.45, 2.75) is 118 Å². The lowest BCUT2D eigenvalue weighted by atomic mass is 10.1. The summed E-state index contributed by atoms with van der Waals surface area (Å²) in [7, 11) is -27.6. The van der Waals surface area contributed by atoms with Crippen LogP contribution in [0.15, 0.2) is 41.2 Å². The summed E-state index contributed by atoms with van der Waals surface area (Å²) in [5.41, 5.74) is 21.7. The molecule has 102 heavy (non-hydrogen) atoms. The molecule has 5 aliphatic heterocycles. The fourth-order valence-corrected chi connectivity index (χ4v) is 16.9. The van der Waals surface area contributed by atoms with Gasteiger partial charge in [-0.15, -0.1) is 0 Å². The monoisotopic (exact) mass is 1540 g/mol. The number of nitrogens with one attached hydrogen (secondary N) is 3. The summed E-state index contributed by atoms with van der Waals surface area (Å²) in [4.78, 5) is 140. The molecule has 51 nitrogen and oxygen atoms in total. The highest BCUT2D eigenvalue weighted by Gasteiger charge is 2.55. The number of methoxy groups -OCH3 is 2. The Hall–Kier alpha value is -6.52. The largest absolute Gasteiger partial charge is 0.756 e. The first kappa shape index (κ1) is 75.2. The number of aliphatic hydroxyl groups is 3. The van der Waals surface area contributed by atoms with Gasteiger partial charge in [-0.25, -0.2) is 53.3 Å². The van der Waals surface area contributed by atoms with E-state index in [4.69, 9.17) is 79.1 Å². The molecule has 0 aliphatic carbocycles. The zero-order valence-corrected chi connectivity index (χ0v) is 57.3. The number of nitrogens with zero attached hydrogens (tertiary/aromatic N) is 13. The summed E-state index contributed by atoms with van der Waals surface area (Å²) in [6.45, 7) is -1.60. The van der Waals surface area contributed by atoms with Gasteiger partial charge in [0.05, 0.1) is 44.9 Å². The van der Waals surface area contributed by atoms with Crippen molar-refractivity contribution in [2.75, 3.05) is 82.2 Å². The summed E-state index contributed by atoms with van der Waals surface area (Å²) in [5, 5.41) is 33.2. The lowest BCUT2D eigenvalue weighted by molar-refractivity contribution is -0.885. The molecule has 7 aromatic rings. The molecule has 12 heterocycles. The maximum absolute atomic E-state index is 14.3. The molecule has 4 fully saturated rings. The first-order chi connectivity index (χ1) is 48.1. The van der Waals surface area contributed by atoms with Gasteiger partial charge in [-0.1, -0.05) is 0 Å². The summed E-state index contributed by atoms with van der Waals surface area (Å²) in [5.74, 6) is -0.890. The molecule has 5 aliphatic rings. The Labute approximate surface area is 568 Å². The zero-order valence-electron chi connectivity index (χ0n) is 52.9. The van der Waals surface area contributed by atoms with E-state index in [1.54, 1.807) is 13.8 Å². The van der Waals surface area contributed by atoms with E-state index in [1.165, 1.54) is 22.8 Å². The molecule has 4 saturated heterocycles. The fourth-order valence-electron chi connectivity index (χ4n) is 11.9. The van der Waals surface area contributed by atoms with Gasteiger partial charge in [0.15, 0.2) is 71.2 Å². The van der Waals surface area contributed by atoms with Crippen molar-refractivity contribution in [3.8, 4) is 0 Å². The smallest absolute Gasteiger partial charge is 0.304 e. The van der Waals surface area contributed by atoms with Gasteiger partial charge in [0.1, 0.15) is 97.4 Å². The number of anilines is 5. The SMILES string of the molecule is CO[C@H]1C(OP(=O)([O-])OC[C@H]2O[C@@H](n3cnc4c(=O)[nH]c(N)nc43)[C@@H](OC)C2OP(=O)([O-])OC[C@H]2O[C@@H](n3cnc4c(N)ncnc43)[C@@H](O)C2OC(C)C)[C@@H](COOP(=O)([O-])OP(=O)([O-])OP(=O)([O-])OC[C@H]2O[C@@H]([NH+]3CN(C)c4c3nc(N)[nH]c4=O)C(O)[C@H]2O)O[C@H]1n1cnc2c(N)ncnc21. The average Bonchev–Trinajstić information content (AvgIpc) is 1.62. The molecule has 0 amide bonds. The predicted molar refractivity (Wildman–Crippen MR) is 320 cm³/mol. The first-order valence-corrected chi connectivity index (χ1v) is 36.9. The second kappa shape index (κ2) is 29.1. The molecule has 7 aromatic heterocycles. The second-order valence-corrected chi connectivity index (χ2v) is 30.2. The van der Waals surface area contributed by atoms with Crippen LogP contribution in [0, 0.1) is 0 Å². The van der Waals surface area contributed by atoms with E-state index in [1.807, 2.05) is 0 Å². The molecule has 560 valence electrons. The number of imidazole rings is 3. The van der Waals surface area contributed by atoms with E-state index < -0.39 is 187 Å². The normalized spacial score (nSPS) is 31.2. The standard InChI is InChI=1S/C46H65N20O31P5/c1-16(2)88-28-19(90-42(27(28)69)63-12-55-21-33(47)51-10-53-35(21)63)8-85-98(72,73)94-30-20(92-44(32(30)83-5)65-14-57-23-37(65)58-45(49)60-39(23)70)9-86-99(74,75)93-29-18(91-43(31(29)82-4)64-13-56-22-34(48)52-11-54-36(22)64)6-84-95-101(78,79)97-102(80,81)96-100(76,77)87-7-17-25(67)26(68)41(89-17)66-15-62(3)24-38(66)59-46(50)61-40(24)71/h10-14,16-20,25-32,41-44,67-69H,6-9,15H2,1-5H3,(H,72,73)(H,74,75)(H,76,77)(H,78,79)(H,80,81)(H2,47,51,53)(H2,48,52,54)(H3,49,58,60,70)(H3,50,59,61,71)/p-4/t17-,18-,19-,20-,25+,26?,27+,28?,29?,30?,31+,32+,41-,42-,43-,44-/m1/s1. The summed E-state index contributed by atoms with van der Waals surface area (Å²) in [6.07, 6.45) is -22.1. The number of phosphoric acid groups is 5. The minimum Gasteiger partial charge on any atom is -0.756 e. The van der Waals surface area contributed by atoms with Crippen LogP contribution < -0.4 is 68.3 Å². The van der Waals surface area contributed by atoms with E-state index in [-0.39, 0.29) is 74.1 Å². The van der Waals surface area contributed by atoms with Crippen molar-refractivity contribution in [3.63, 3.8) is 0 Å². The van der Waals surface area contributed by atoms with E-state index in [2.05, 4.69) is 72.6 Å². The Bertz CT molecular complexity index is 4630. The second-order valence-electron chi connectivity index (χ2n) is 23.1. The minimum absolute atomic E-state index is 0.000901. The van der Waals surface area contributed by atoms with E-state index in [0.717, 1.165) is 48.7 Å². The number of fused-ring (bicyclic) bond motifs is 4. The number of hydrogen-bond donors (Lipinski definition) is 10. The number of nitrogens with two attached hydrogens (primary N) is 4. The van der Waals surface area contributed by atoms with Gasteiger partial charge in [0, 0.05) is 21.3 Å². The van der Waals surface area contributed by atoms with Crippen molar-refractivity contribution in [3.05, 3.63) is 52.3 Å².